The van der Waals surface area contributed by atoms with E-state index in [0.29, 0.717) is 28.8 Å². The number of nitrogens with one attached hydrogen (secondary N) is 1. The smallest absolute Gasteiger partial charge is 0.394 e. The first-order valence-electron chi connectivity index (χ1n) is 13.0. The van der Waals surface area contributed by atoms with Gasteiger partial charge in [0.25, 0.3) is 0 Å². The average Bonchev–Trinajstić information content (AvgIpc) is 3.54. The van der Waals surface area contributed by atoms with Crippen molar-refractivity contribution in [1.82, 2.24) is 24.8 Å². The van der Waals surface area contributed by atoms with Crippen molar-refractivity contribution >= 4 is 50.7 Å². The monoisotopic (exact) mass is 648 g/mol. The molecule has 3 atom stereocenters. The number of aliphatic hydroxyl groups is 1. The van der Waals surface area contributed by atoms with Crippen LogP contribution in [0, 0.1) is 11.8 Å². The van der Waals surface area contributed by atoms with Gasteiger partial charge in [0.1, 0.15) is 43.6 Å². The van der Waals surface area contributed by atoms with Crippen LogP contribution in [0.1, 0.15) is 32.1 Å². The van der Waals surface area contributed by atoms with Crippen LogP contribution in [0.4, 0.5) is 19.0 Å². The number of fused-ring (bicyclic) bond motifs is 1. The topological polar surface area (TPSA) is 133 Å². The van der Waals surface area contributed by atoms with E-state index >= 15 is 0 Å². The van der Waals surface area contributed by atoms with Gasteiger partial charge in [0.05, 0.1) is 30.0 Å². The van der Waals surface area contributed by atoms with E-state index in [0.717, 1.165) is 0 Å². The van der Waals surface area contributed by atoms with Crippen molar-refractivity contribution in [1.29, 1.82) is 0 Å². The van der Waals surface area contributed by atoms with Gasteiger partial charge in [-0.1, -0.05) is 33.4 Å². The number of nitrogens with zero attached hydrogens (tertiary/aromatic N) is 5. The number of methoxy groups -OCH3 is 1. The molecule has 0 spiro atoms. The van der Waals surface area contributed by atoms with Crippen LogP contribution in [0.3, 0.4) is 0 Å². The van der Waals surface area contributed by atoms with Crippen molar-refractivity contribution in [3.05, 3.63) is 18.1 Å². The second-order valence-electron chi connectivity index (χ2n) is 10.1. The van der Waals surface area contributed by atoms with E-state index < -0.39 is 29.2 Å². The molecule has 43 heavy (non-hydrogen) atoms. The van der Waals surface area contributed by atoms with Gasteiger partial charge in [-0.05, 0) is 13.8 Å². The van der Waals surface area contributed by atoms with Gasteiger partial charge < -0.3 is 38.8 Å². The Morgan fingerprint density at radius 3 is 2.81 bits per heavy atom. The van der Waals surface area contributed by atoms with Crippen LogP contribution >= 0.6 is 21.6 Å². The number of aliphatic hydroxyl groups excluding tert-OH is 1. The summed E-state index contributed by atoms with van der Waals surface area (Å²) in [6.07, 6.45) is -1.08. The molecule has 1 unspecified atom stereocenters. The van der Waals surface area contributed by atoms with E-state index in [1.54, 1.807) is 31.3 Å². The molecule has 12 nitrogen and oxygen atoms in total. The van der Waals surface area contributed by atoms with Crippen molar-refractivity contribution in [2.45, 2.75) is 49.6 Å². The number of carbonyl (C=O) groups is 1. The zero-order valence-electron chi connectivity index (χ0n) is 24.4. The number of carbonyl (C=O) groups excluding carboxylic acids is 1. The molecule has 1 aliphatic rings. The molecule has 1 fully saturated rings. The summed E-state index contributed by atoms with van der Waals surface area (Å²) in [6, 6.07) is 0. The molecule has 0 aliphatic carbocycles. The molecule has 17 heteroatoms. The second kappa shape index (κ2) is 15.9. The molecule has 1 saturated heterocycles. The summed E-state index contributed by atoms with van der Waals surface area (Å²) in [5, 5.41) is 12.3. The predicted molar refractivity (Wildman–Crippen MR) is 158 cm³/mol. The summed E-state index contributed by atoms with van der Waals surface area (Å²) in [5.74, 6) is 4.74. The standard InChI is InChI=1S/C26H35F3N6O6S2/c1-25(2,12-30-24(37)26(27,28)29)43-42-16-39-8-6-7-17-10-35(20-9-18(40-15-38-5)19(11-36)41-20)23-21(17)22(31-13-32-23)33-14-34(3)4/h10,13-14,18-20,36H,8-9,11-12,15-16H2,1-5H3,(H,30,37)/t18?,19-,20-/m1/s1. The molecule has 0 saturated carbocycles. The summed E-state index contributed by atoms with van der Waals surface area (Å²) in [5.41, 5.74) is 1.14. The lowest BCUT2D eigenvalue weighted by Crippen LogP contribution is -2.42. The van der Waals surface area contributed by atoms with E-state index in [2.05, 4.69) is 26.8 Å². The van der Waals surface area contributed by atoms with Gasteiger partial charge in [-0.15, -0.1) is 0 Å². The number of alkyl halides is 3. The first-order valence-corrected chi connectivity index (χ1v) is 15.3. The van der Waals surface area contributed by atoms with Gasteiger partial charge >= 0.3 is 12.1 Å². The Labute approximate surface area is 255 Å². The number of hydrogen-bond donors (Lipinski definition) is 2. The molecule has 0 bridgehead atoms. The molecule has 2 N–H and O–H groups in total. The quantitative estimate of drug-likeness (QED) is 0.0782. The molecule has 1 amide bonds. The van der Waals surface area contributed by atoms with Crippen LogP contribution in [0.25, 0.3) is 11.0 Å². The zero-order valence-corrected chi connectivity index (χ0v) is 26.0. The minimum atomic E-state index is -4.92. The van der Waals surface area contributed by atoms with E-state index in [1.807, 2.05) is 24.0 Å². The van der Waals surface area contributed by atoms with Gasteiger partial charge in [0.15, 0.2) is 5.82 Å². The Balaban J connectivity index is 1.69. The second-order valence-corrected chi connectivity index (χ2v) is 13.1. The number of ether oxygens (including phenoxy) is 4. The number of rotatable bonds is 14. The highest BCUT2D eigenvalue weighted by Crippen LogP contribution is 2.37. The summed E-state index contributed by atoms with van der Waals surface area (Å²) >= 11 is 0. The molecule has 238 valence electrons. The first-order chi connectivity index (χ1) is 20.4. The normalized spacial score (nSPS) is 19.1. The summed E-state index contributed by atoms with van der Waals surface area (Å²) < 4.78 is 60.8. The molecule has 2 aromatic rings. The Bertz CT molecular complexity index is 1310. The Kier molecular flexibility index (Phi) is 12.9. The molecule has 0 radical (unpaired) electrons. The summed E-state index contributed by atoms with van der Waals surface area (Å²) in [6.45, 7) is 3.20. The Morgan fingerprint density at radius 1 is 1.37 bits per heavy atom. The van der Waals surface area contributed by atoms with Gasteiger partial charge in [0.2, 0.25) is 0 Å². The number of amides is 1. The fourth-order valence-electron chi connectivity index (χ4n) is 3.88. The predicted octanol–water partition coefficient (Wildman–Crippen LogP) is 3.09. The van der Waals surface area contributed by atoms with Gasteiger partial charge in [0, 0.05) is 45.1 Å². The molecule has 1 aliphatic heterocycles. The molecule has 3 heterocycles. The Morgan fingerprint density at radius 2 is 2.14 bits per heavy atom. The van der Waals surface area contributed by atoms with Crippen molar-refractivity contribution < 1.29 is 42.0 Å². The van der Waals surface area contributed by atoms with Crippen molar-refractivity contribution in [2.24, 2.45) is 4.99 Å². The number of hydrogen-bond acceptors (Lipinski definition) is 11. The lowest BCUT2D eigenvalue weighted by Gasteiger charge is -2.23. The van der Waals surface area contributed by atoms with Crippen molar-refractivity contribution in [3.63, 3.8) is 0 Å². The largest absolute Gasteiger partial charge is 0.471 e. The lowest BCUT2D eigenvalue weighted by atomic mass is 10.2. The van der Waals surface area contributed by atoms with E-state index in [-0.39, 0.29) is 38.6 Å². The number of halogens is 3. The Hall–Kier alpha value is -2.59. The van der Waals surface area contributed by atoms with Crippen molar-refractivity contribution in [2.75, 3.05) is 53.7 Å². The molecule has 2 aromatic heterocycles. The average molecular weight is 649 g/mol. The van der Waals surface area contributed by atoms with Crippen LogP contribution < -0.4 is 5.32 Å². The van der Waals surface area contributed by atoms with Crippen LogP contribution in [0.5, 0.6) is 0 Å². The third kappa shape index (κ3) is 10.2. The molecule has 3 rings (SSSR count). The highest BCUT2D eigenvalue weighted by molar-refractivity contribution is 8.77. The third-order valence-electron chi connectivity index (χ3n) is 5.82. The van der Waals surface area contributed by atoms with Crippen LogP contribution in [0.15, 0.2) is 17.5 Å². The lowest BCUT2D eigenvalue weighted by molar-refractivity contribution is -0.173. The molecule has 0 aromatic carbocycles. The minimum Gasteiger partial charge on any atom is -0.394 e. The number of aromatic nitrogens is 3. The number of aliphatic imine (C=N–C) groups is 1. The van der Waals surface area contributed by atoms with E-state index in [9.17, 15) is 23.1 Å². The minimum absolute atomic E-state index is 0.0644. The first kappa shape index (κ1) is 34.9. The maximum atomic E-state index is 12.4. The fourth-order valence-corrected chi connectivity index (χ4v) is 6.01. The third-order valence-corrected chi connectivity index (χ3v) is 8.79. The molecular weight excluding hydrogens is 613 g/mol. The molecular formula is C26H35F3N6O6S2. The van der Waals surface area contributed by atoms with Gasteiger partial charge in [-0.3, -0.25) is 4.79 Å². The van der Waals surface area contributed by atoms with Crippen LogP contribution in [-0.2, 0) is 23.7 Å². The summed E-state index contributed by atoms with van der Waals surface area (Å²) in [4.78, 5) is 26.1. The fraction of sp³-hybridized carbons (Fsp3) is 0.615. The highest BCUT2D eigenvalue weighted by Gasteiger charge is 2.39. The maximum Gasteiger partial charge on any atom is 0.471 e. The SMILES string of the molecule is COCOC1C[C@H](n2cc(C#CCOCSSC(C)(C)CNC(=O)C(F)(F)F)c3c(N=CN(C)C)ncnc32)O[C@@H]1CO. The highest BCUT2D eigenvalue weighted by atomic mass is 33.1. The van der Waals surface area contributed by atoms with Crippen LogP contribution in [-0.4, -0.2) is 114 Å². The van der Waals surface area contributed by atoms with Gasteiger partial charge in [-0.25, -0.2) is 15.0 Å². The van der Waals surface area contributed by atoms with Crippen molar-refractivity contribution in [3.8, 4) is 11.8 Å². The maximum absolute atomic E-state index is 12.4. The summed E-state index contributed by atoms with van der Waals surface area (Å²) in [7, 11) is 7.78. The van der Waals surface area contributed by atoms with Gasteiger partial charge in [-0.2, -0.15) is 13.2 Å². The van der Waals surface area contributed by atoms with Crippen LogP contribution in [0.2, 0.25) is 0 Å². The van der Waals surface area contributed by atoms with E-state index in [1.165, 1.54) is 35.0 Å². The zero-order chi connectivity index (χ0) is 31.6. The van der Waals surface area contributed by atoms with E-state index in [4.69, 9.17) is 18.9 Å².